The molecule has 1 aliphatic heterocycles. The van der Waals surface area contributed by atoms with E-state index in [0.29, 0.717) is 36.1 Å². The first-order valence-corrected chi connectivity index (χ1v) is 25.2. The zero-order valence-electron chi connectivity index (χ0n) is 39.7. The molecular weight excluding hydrogens is 814 g/mol. The first-order valence-electron chi connectivity index (χ1n) is 23.7. The number of phosphoric acid groups is 1. The summed E-state index contributed by atoms with van der Waals surface area (Å²) in [5.74, 6) is -0.949. The highest BCUT2D eigenvalue weighted by Gasteiger charge is 2.36. The van der Waals surface area contributed by atoms with Gasteiger partial charge < -0.3 is 23.6 Å². The molecule has 0 aromatic rings. The van der Waals surface area contributed by atoms with Gasteiger partial charge in [0.25, 0.3) is 0 Å². The topological polar surface area (TPSA) is 121 Å². The second-order valence-electron chi connectivity index (χ2n) is 16.8. The number of ether oxygens (including phenoxy) is 3. The van der Waals surface area contributed by atoms with Crippen LogP contribution in [-0.2, 0) is 37.4 Å². The Morgan fingerprint density at radius 1 is 0.587 bits per heavy atom. The average Bonchev–Trinajstić information content (AvgIpc) is 3.99. The number of likely N-dealkylation sites (N-methyl/N-ethyl adjacent to an activating group) is 1. The van der Waals surface area contributed by atoms with Crippen molar-refractivity contribution in [1.29, 1.82) is 0 Å². The Hall–Kier alpha value is -3.37. The molecule has 0 aliphatic carbocycles. The van der Waals surface area contributed by atoms with Gasteiger partial charge in [0.2, 0.25) is 0 Å². The van der Waals surface area contributed by atoms with E-state index in [1.54, 1.807) is 0 Å². The van der Waals surface area contributed by atoms with Crippen molar-refractivity contribution >= 4 is 19.8 Å². The summed E-state index contributed by atoms with van der Waals surface area (Å²) in [5.41, 5.74) is 0. The number of phosphoric ester groups is 1. The average molecular weight is 899 g/mol. The van der Waals surface area contributed by atoms with Crippen LogP contribution in [0.4, 0.5) is 0 Å². The van der Waals surface area contributed by atoms with Gasteiger partial charge in [-0.05, 0) is 96.3 Å². The lowest BCUT2D eigenvalue weighted by atomic mass is 10.1. The van der Waals surface area contributed by atoms with E-state index in [4.69, 9.17) is 23.3 Å². The third-order valence-corrected chi connectivity index (χ3v) is 10.7. The fourth-order valence-electron chi connectivity index (χ4n) is 5.89. The van der Waals surface area contributed by atoms with E-state index >= 15 is 0 Å². The Labute approximate surface area is 382 Å². The van der Waals surface area contributed by atoms with Crippen LogP contribution in [0.1, 0.15) is 142 Å². The summed E-state index contributed by atoms with van der Waals surface area (Å²) in [7, 11) is 1.39. The minimum absolute atomic E-state index is 0.00535. The van der Waals surface area contributed by atoms with Crippen molar-refractivity contribution in [2.75, 3.05) is 47.5 Å². The van der Waals surface area contributed by atoms with Crippen molar-refractivity contribution in [3.8, 4) is 0 Å². The number of epoxide rings is 1. The van der Waals surface area contributed by atoms with E-state index < -0.39 is 32.5 Å². The van der Waals surface area contributed by atoms with Crippen LogP contribution >= 0.6 is 7.82 Å². The van der Waals surface area contributed by atoms with Crippen LogP contribution in [0.5, 0.6) is 0 Å². The second-order valence-corrected chi connectivity index (χ2v) is 18.2. The predicted octanol–water partition coefficient (Wildman–Crippen LogP) is 12.9. The van der Waals surface area contributed by atoms with Crippen LogP contribution in [-0.4, -0.2) is 87.1 Å². The summed E-state index contributed by atoms with van der Waals surface area (Å²) in [6, 6.07) is 0. The van der Waals surface area contributed by atoms with Crippen LogP contribution in [0.15, 0.2) is 109 Å². The monoisotopic (exact) mass is 899 g/mol. The first-order chi connectivity index (χ1) is 30.5. The Morgan fingerprint density at radius 2 is 1.08 bits per heavy atom. The lowest BCUT2D eigenvalue weighted by Crippen LogP contribution is -2.37. The van der Waals surface area contributed by atoms with Gasteiger partial charge >= 0.3 is 19.8 Å². The fraction of sp³-hybridized carbons (Fsp3) is 0.615. The van der Waals surface area contributed by atoms with Gasteiger partial charge in [-0.3, -0.25) is 18.6 Å². The first kappa shape index (κ1) is 57.6. The van der Waals surface area contributed by atoms with Gasteiger partial charge in [0.15, 0.2) is 6.10 Å². The summed E-state index contributed by atoms with van der Waals surface area (Å²) in [5, 5.41) is 0. The Kier molecular flexibility index (Phi) is 35.7. The van der Waals surface area contributed by atoms with Gasteiger partial charge in [-0.2, -0.15) is 0 Å². The van der Waals surface area contributed by atoms with Gasteiger partial charge in [-0.25, -0.2) is 4.57 Å². The second kappa shape index (κ2) is 39.0. The number of esters is 2. The maximum absolute atomic E-state index is 12.7. The molecule has 0 aromatic heterocycles. The summed E-state index contributed by atoms with van der Waals surface area (Å²) in [4.78, 5) is 35.4. The highest BCUT2D eigenvalue weighted by atomic mass is 31.2. The summed E-state index contributed by atoms with van der Waals surface area (Å²) < 4.78 is 39.9. The quantitative estimate of drug-likeness (QED) is 0.0160. The SMILES string of the molecule is CC/C=C\CC1OC1C/C=C\C/C=C\C/C=C\C/C=C\CCC(=O)OC[C@H](COP(=O)(O)OCC[N+](C)(C)C)OC(=O)CCCCC/C=C\C/C=C\C/C=C\C/C=C\CCCCC. The van der Waals surface area contributed by atoms with Crippen LogP contribution in [0.25, 0.3) is 0 Å². The van der Waals surface area contributed by atoms with Crippen molar-refractivity contribution in [1.82, 2.24) is 0 Å². The molecule has 1 saturated heterocycles. The molecule has 11 heteroatoms. The molecule has 0 spiro atoms. The highest BCUT2D eigenvalue weighted by Crippen LogP contribution is 2.43. The number of allylic oxidation sites excluding steroid dienone is 16. The summed E-state index contributed by atoms with van der Waals surface area (Å²) in [6.45, 7) is 4.12. The molecule has 1 fully saturated rings. The van der Waals surface area contributed by atoms with E-state index in [-0.39, 0.29) is 26.1 Å². The molecule has 0 bridgehead atoms. The van der Waals surface area contributed by atoms with E-state index in [1.165, 1.54) is 25.7 Å². The van der Waals surface area contributed by atoms with Gasteiger partial charge in [-0.15, -0.1) is 0 Å². The van der Waals surface area contributed by atoms with Gasteiger partial charge in [0.1, 0.15) is 19.8 Å². The number of nitrogens with zero attached hydrogens (tertiary/aromatic N) is 1. The number of hydrogen-bond donors (Lipinski definition) is 1. The van der Waals surface area contributed by atoms with E-state index in [0.717, 1.165) is 77.0 Å². The van der Waals surface area contributed by atoms with E-state index in [9.17, 15) is 19.0 Å². The lowest BCUT2D eigenvalue weighted by Gasteiger charge is -2.24. The van der Waals surface area contributed by atoms with Crippen LogP contribution in [0, 0.1) is 0 Å². The van der Waals surface area contributed by atoms with Crippen LogP contribution < -0.4 is 0 Å². The molecule has 3 unspecified atom stereocenters. The number of quaternary nitrogens is 1. The molecule has 1 heterocycles. The lowest BCUT2D eigenvalue weighted by molar-refractivity contribution is -0.870. The third-order valence-electron chi connectivity index (χ3n) is 9.70. The largest absolute Gasteiger partial charge is 0.472 e. The smallest absolute Gasteiger partial charge is 0.462 e. The molecule has 356 valence electrons. The minimum Gasteiger partial charge on any atom is -0.462 e. The standard InChI is InChI=1S/C52H84NO9P/c1-6-8-10-11-12-13-14-15-16-17-18-19-20-21-26-29-32-35-39-43-52(55)61-48(47-60-63(56,57)59-45-44-53(3,4)5)46-58-51(54)42-38-34-31-28-25-23-22-24-27-30-33-37-41-50-49(62-50)40-36-9-7-2/h9,12-13,15-16,18-19,21,23-27,31,33-34,36-37,48-50H,6-8,10-11,14,17,20,22,28-30,32,35,38-47H2,1-5H3/p+1/b13-12-,16-15-,19-18-,25-23-,26-21-,27-24-,34-31-,36-9-,37-33-/t48-,49?,50?/m1/s1. The molecular formula is C52H85NO9P+. The number of rotatable bonds is 40. The fourth-order valence-corrected chi connectivity index (χ4v) is 6.63. The van der Waals surface area contributed by atoms with Crippen molar-refractivity contribution in [2.45, 2.75) is 161 Å². The van der Waals surface area contributed by atoms with E-state index in [2.05, 4.69) is 111 Å². The molecule has 1 N–H and O–H groups in total. The van der Waals surface area contributed by atoms with Crippen molar-refractivity contribution in [3.05, 3.63) is 109 Å². The Bertz CT molecular complexity index is 1500. The van der Waals surface area contributed by atoms with Gasteiger partial charge in [0.05, 0.1) is 40.0 Å². The summed E-state index contributed by atoms with van der Waals surface area (Å²) in [6.07, 6.45) is 56.2. The molecule has 10 nitrogen and oxygen atoms in total. The van der Waals surface area contributed by atoms with Crippen LogP contribution in [0.2, 0.25) is 0 Å². The summed E-state index contributed by atoms with van der Waals surface area (Å²) >= 11 is 0. The predicted molar refractivity (Wildman–Crippen MR) is 260 cm³/mol. The number of carbonyl (C=O) groups excluding carboxylic acids is 2. The van der Waals surface area contributed by atoms with Gasteiger partial charge in [-0.1, -0.05) is 142 Å². The molecule has 0 saturated carbocycles. The number of hydrogen-bond acceptors (Lipinski definition) is 8. The molecule has 63 heavy (non-hydrogen) atoms. The zero-order valence-corrected chi connectivity index (χ0v) is 40.6. The van der Waals surface area contributed by atoms with Crippen molar-refractivity contribution < 1.29 is 46.8 Å². The van der Waals surface area contributed by atoms with Gasteiger partial charge in [0, 0.05) is 12.8 Å². The maximum atomic E-state index is 12.7. The van der Waals surface area contributed by atoms with Crippen LogP contribution in [0.3, 0.4) is 0 Å². The normalized spacial score (nSPS) is 17.7. The molecule has 1 aliphatic rings. The van der Waals surface area contributed by atoms with E-state index in [1.807, 2.05) is 33.3 Å². The highest BCUT2D eigenvalue weighted by molar-refractivity contribution is 7.47. The molecule has 1 rings (SSSR count). The van der Waals surface area contributed by atoms with Crippen molar-refractivity contribution in [3.63, 3.8) is 0 Å². The zero-order chi connectivity index (χ0) is 46.1. The molecule has 4 atom stereocenters. The van der Waals surface area contributed by atoms with Crippen molar-refractivity contribution in [2.24, 2.45) is 0 Å². The Balaban J connectivity index is 2.34. The molecule has 0 radical (unpaired) electrons. The molecule has 0 aromatic carbocycles. The number of unbranched alkanes of at least 4 members (excludes halogenated alkanes) is 6. The maximum Gasteiger partial charge on any atom is 0.472 e. The Morgan fingerprint density at radius 3 is 1.60 bits per heavy atom. The third kappa shape index (κ3) is 39.9. The molecule has 0 amide bonds. The number of carbonyl (C=O) groups is 2. The minimum atomic E-state index is -4.42.